The van der Waals surface area contributed by atoms with Gasteiger partial charge in [-0.1, -0.05) is 19.6 Å². The van der Waals surface area contributed by atoms with Crippen molar-refractivity contribution in [1.82, 2.24) is 4.90 Å². The molecule has 78 valence electrons. The minimum Gasteiger partial charge on any atom is -0.491 e. The molecule has 2 nitrogen and oxygen atoms in total. The molecule has 0 aromatic heterocycles. The molecule has 1 rings (SSSR count). The Labute approximate surface area is 86.6 Å². The maximum atomic E-state index is 5.66. The predicted molar refractivity (Wildman–Crippen MR) is 59.9 cm³/mol. The molecule has 0 spiro atoms. The highest BCUT2D eigenvalue weighted by Crippen LogP contribution is 2.17. The molecular formula is C12H19NO. The molecule has 0 N–H and O–H groups in total. The van der Waals surface area contributed by atoms with Crippen LogP contribution >= 0.6 is 0 Å². The van der Waals surface area contributed by atoms with Gasteiger partial charge in [0.2, 0.25) is 0 Å². The third-order valence-electron chi connectivity index (χ3n) is 2.26. The summed E-state index contributed by atoms with van der Waals surface area (Å²) in [7, 11) is 2.07. The van der Waals surface area contributed by atoms with E-state index in [4.69, 9.17) is 4.74 Å². The van der Waals surface area contributed by atoms with Crippen molar-refractivity contribution in [2.24, 2.45) is 0 Å². The van der Waals surface area contributed by atoms with Crippen LogP contribution in [0.1, 0.15) is 19.8 Å². The molecule has 0 unspecified atom stereocenters. The van der Waals surface area contributed by atoms with Crippen molar-refractivity contribution in [2.75, 3.05) is 20.2 Å². The molecule has 0 radical (unpaired) electrons. The predicted octanol–water partition coefficient (Wildman–Crippen LogP) is 2.70. The van der Waals surface area contributed by atoms with Crippen molar-refractivity contribution >= 4 is 0 Å². The van der Waals surface area contributed by atoms with Gasteiger partial charge in [-0.15, -0.1) is 0 Å². The average molecular weight is 193 g/mol. The van der Waals surface area contributed by atoms with E-state index in [9.17, 15) is 0 Å². The van der Waals surface area contributed by atoms with E-state index in [-0.39, 0.29) is 0 Å². The number of ether oxygens (including phenoxy) is 1. The SMILES string of the molecule is C=CC1=C(/C=C\CC)OCCCN1C. The Hall–Kier alpha value is -1.18. The largest absolute Gasteiger partial charge is 0.491 e. The summed E-state index contributed by atoms with van der Waals surface area (Å²) < 4.78 is 5.66. The molecule has 0 saturated heterocycles. The Morgan fingerprint density at radius 1 is 1.57 bits per heavy atom. The summed E-state index contributed by atoms with van der Waals surface area (Å²) in [6, 6.07) is 0. The van der Waals surface area contributed by atoms with E-state index in [1.165, 1.54) is 0 Å². The van der Waals surface area contributed by atoms with Crippen molar-refractivity contribution in [3.05, 3.63) is 36.3 Å². The molecule has 1 heterocycles. The standard InChI is InChI=1S/C12H19NO/c1-4-6-8-12-11(5-2)13(3)9-7-10-14-12/h5-6,8H,2,4,7,9-10H2,1,3H3/b8-6-. The van der Waals surface area contributed by atoms with Crippen LogP contribution in [0.5, 0.6) is 0 Å². The summed E-state index contributed by atoms with van der Waals surface area (Å²) in [5.41, 5.74) is 1.09. The monoisotopic (exact) mass is 193 g/mol. The van der Waals surface area contributed by atoms with Gasteiger partial charge < -0.3 is 9.64 Å². The molecule has 2 heteroatoms. The van der Waals surface area contributed by atoms with Crippen molar-refractivity contribution in [3.63, 3.8) is 0 Å². The molecule has 1 aliphatic rings. The van der Waals surface area contributed by atoms with Gasteiger partial charge in [0, 0.05) is 13.6 Å². The fourth-order valence-corrected chi connectivity index (χ4v) is 1.48. The number of hydrogen-bond acceptors (Lipinski definition) is 2. The molecular weight excluding hydrogens is 174 g/mol. The average Bonchev–Trinajstić information content (AvgIpc) is 2.36. The van der Waals surface area contributed by atoms with Gasteiger partial charge in [-0.3, -0.25) is 0 Å². The topological polar surface area (TPSA) is 12.5 Å². The van der Waals surface area contributed by atoms with Gasteiger partial charge in [0.1, 0.15) is 5.76 Å². The fraction of sp³-hybridized carbons (Fsp3) is 0.500. The minimum absolute atomic E-state index is 0.797. The van der Waals surface area contributed by atoms with Crippen molar-refractivity contribution in [3.8, 4) is 0 Å². The highest BCUT2D eigenvalue weighted by Gasteiger charge is 2.11. The minimum atomic E-state index is 0.797. The third kappa shape index (κ3) is 2.66. The summed E-state index contributed by atoms with van der Waals surface area (Å²) in [5.74, 6) is 0.946. The molecule has 1 aliphatic heterocycles. The van der Waals surface area contributed by atoms with E-state index < -0.39 is 0 Å². The summed E-state index contributed by atoms with van der Waals surface area (Å²) in [6.07, 6.45) is 8.11. The Kier molecular flexibility index (Phi) is 4.30. The Balaban J connectivity index is 2.89. The molecule has 0 aromatic carbocycles. The van der Waals surface area contributed by atoms with Crippen LogP contribution in [-0.4, -0.2) is 25.1 Å². The highest BCUT2D eigenvalue weighted by molar-refractivity contribution is 5.27. The van der Waals surface area contributed by atoms with Crippen LogP contribution in [0.25, 0.3) is 0 Å². The number of allylic oxidation sites excluding steroid dienone is 3. The zero-order valence-corrected chi connectivity index (χ0v) is 9.12. The first-order chi connectivity index (χ1) is 6.79. The molecule has 0 atom stereocenters. The van der Waals surface area contributed by atoms with Gasteiger partial charge in [0.25, 0.3) is 0 Å². The zero-order chi connectivity index (χ0) is 10.4. The van der Waals surface area contributed by atoms with E-state index >= 15 is 0 Å². The summed E-state index contributed by atoms with van der Waals surface area (Å²) in [6.45, 7) is 7.77. The van der Waals surface area contributed by atoms with Crippen molar-refractivity contribution < 1.29 is 4.74 Å². The molecule has 14 heavy (non-hydrogen) atoms. The van der Waals surface area contributed by atoms with Crippen LogP contribution < -0.4 is 0 Å². The Bertz CT molecular complexity index is 253. The first-order valence-electron chi connectivity index (χ1n) is 5.16. The maximum absolute atomic E-state index is 5.66. The molecule has 0 fully saturated rings. The van der Waals surface area contributed by atoms with Gasteiger partial charge in [0.15, 0.2) is 0 Å². The van der Waals surface area contributed by atoms with Gasteiger partial charge in [-0.2, -0.15) is 0 Å². The van der Waals surface area contributed by atoms with Crippen molar-refractivity contribution in [2.45, 2.75) is 19.8 Å². The van der Waals surface area contributed by atoms with Gasteiger partial charge >= 0.3 is 0 Å². The Morgan fingerprint density at radius 2 is 2.36 bits per heavy atom. The number of rotatable bonds is 3. The maximum Gasteiger partial charge on any atom is 0.142 e. The summed E-state index contributed by atoms with van der Waals surface area (Å²) >= 11 is 0. The second-order valence-corrected chi connectivity index (χ2v) is 3.39. The van der Waals surface area contributed by atoms with Crippen LogP contribution in [0.2, 0.25) is 0 Å². The normalized spacial score (nSPS) is 18.3. The molecule has 0 amide bonds. The van der Waals surface area contributed by atoms with E-state index in [1.54, 1.807) is 0 Å². The van der Waals surface area contributed by atoms with Crippen LogP contribution in [0.3, 0.4) is 0 Å². The Morgan fingerprint density at radius 3 is 3.00 bits per heavy atom. The smallest absolute Gasteiger partial charge is 0.142 e. The first-order valence-corrected chi connectivity index (χ1v) is 5.16. The zero-order valence-electron chi connectivity index (χ0n) is 9.12. The lowest BCUT2D eigenvalue weighted by Crippen LogP contribution is -2.17. The third-order valence-corrected chi connectivity index (χ3v) is 2.26. The van der Waals surface area contributed by atoms with Crippen LogP contribution in [0.15, 0.2) is 36.3 Å². The number of nitrogens with zero attached hydrogens (tertiary/aromatic N) is 1. The van der Waals surface area contributed by atoms with Crippen LogP contribution in [-0.2, 0) is 4.74 Å². The van der Waals surface area contributed by atoms with Crippen molar-refractivity contribution in [1.29, 1.82) is 0 Å². The van der Waals surface area contributed by atoms with Gasteiger partial charge in [0.05, 0.1) is 12.3 Å². The molecule has 0 saturated carbocycles. The van der Waals surface area contributed by atoms with E-state index in [1.807, 2.05) is 12.2 Å². The van der Waals surface area contributed by atoms with E-state index in [0.717, 1.165) is 37.4 Å². The summed E-state index contributed by atoms with van der Waals surface area (Å²) in [4.78, 5) is 2.19. The lowest BCUT2D eigenvalue weighted by atomic mass is 10.3. The lowest BCUT2D eigenvalue weighted by molar-refractivity contribution is 0.226. The van der Waals surface area contributed by atoms with Crippen LogP contribution in [0, 0.1) is 0 Å². The van der Waals surface area contributed by atoms with Crippen LogP contribution in [0.4, 0.5) is 0 Å². The molecule has 0 aromatic rings. The quantitative estimate of drug-likeness (QED) is 0.683. The highest BCUT2D eigenvalue weighted by atomic mass is 16.5. The lowest BCUT2D eigenvalue weighted by Gasteiger charge is -2.17. The van der Waals surface area contributed by atoms with Gasteiger partial charge in [-0.05, 0) is 25.0 Å². The number of likely N-dealkylation sites (N-methyl/N-ethyl adjacent to an activating group) is 1. The van der Waals surface area contributed by atoms with E-state index in [2.05, 4.69) is 31.5 Å². The fourth-order valence-electron chi connectivity index (χ4n) is 1.48. The second kappa shape index (κ2) is 5.53. The molecule has 0 bridgehead atoms. The number of hydrogen-bond donors (Lipinski definition) is 0. The molecule has 0 aliphatic carbocycles. The first kappa shape index (κ1) is 10.9. The van der Waals surface area contributed by atoms with Gasteiger partial charge in [-0.25, -0.2) is 0 Å². The van der Waals surface area contributed by atoms with E-state index in [0.29, 0.717) is 0 Å². The second-order valence-electron chi connectivity index (χ2n) is 3.39. The summed E-state index contributed by atoms with van der Waals surface area (Å²) in [5, 5.41) is 0.